The van der Waals surface area contributed by atoms with E-state index in [1.165, 1.54) is 0 Å². The molecule has 0 bridgehead atoms. The first-order chi connectivity index (χ1) is 6.97. The van der Waals surface area contributed by atoms with Crippen LogP contribution in [-0.4, -0.2) is 37.4 Å². The van der Waals surface area contributed by atoms with E-state index < -0.39 is 0 Å². The number of ether oxygens (including phenoxy) is 2. The summed E-state index contributed by atoms with van der Waals surface area (Å²) in [5.41, 5.74) is 0.0523. The van der Waals surface area contributed by atoms with Crippen molar-refractivity contribution in [3.8, 4) is 0 Å². The quantitative estimate of drug-likeness (QED) is 0.713. The highest BCUT2D eigenvalue weighted by atomic mass is 16.6. The molecule has 1 unspecified atom stereocenters. The summed E-state index contributed by atoms with van der Waals surface area (Å²) < 4.78 is 10.3. The van der Waals surface area contributed by atoms with E-state index in [4.69, 9.17) is 9.47 Å². The lowest BCUT2D eigenvalue weighted by atomic mass is 10.1. The Bertz CT molecular complexity index is 204. The van der Waals surface area contributed by atoms with Crippen LogP contribution in [0.4, 0.5) is 0 Å². The fourth-order valence-electron chi connectivity index (χ4n) is 1.39. The van der Waals surface area contributed by atoms with Crippen LogP contribution in [-0.2, 0) is 14.3 Å². The zero-order valence-corrected chi connectivity index (χ0v) is 9.84. The Morgan fingerprint density at radius 1 is 1.53 bits per heavy atom. The third kappa shape index (κ3) is 5.74. The van der Waals surface area contributed by atoms with Crippen LogP contribution in [0.2, 0.25) is 0 Å². The Kier molecular flexibility index (Phi) is 4.54. The van der Waals surface area contributed by atoms with E-state index in [0.717, 1.165) is 6.42 Å². The van der Waals surface area contributed by atoms with Gasteiger partial charge in [-0.15, -0.1) is 0 Å². The van der Waals surface area contributed by atoms with E-state index in [-0.39, 0.29) is 17.6 Å². The topological polar surface area (TPSA) is 47.6 Å². The van der Waals surface area contributed by atoms with Gasteiger partial charge in [-0.05, 0) is 20.8 Å². The smallest absolute Gasteiger partial charge is 0.307 e. The Labute approximate surface area is 91.3 Å². The normalized spacial score (nSPS) is 21.7. The Hall–Kier alpha value is -0.610. The molecule has 0 aromatic carbocycles. The summed E-state index contributed by atoms with van der Waals surface area (Å²) in [5.74, 6) is -0.137. The molecule has 1 fully saturated rings. The molecule has 4 heteroatoms. The van der Waals surface area contributed by atoms with Crippen LogP contribution in [0.3, 0.4) is 0 Å². The molecule has 1 aliphatic rings. The van der Waals surface area contributed by atoms with E-state index >= 15 is 0 Å². The number of nitrogens with one attached hydrogen (secondary N) is 1. The van der Waals surface area contributed by atoms with Crippen LogP contribution < -0.4 is 5.32 Å². The molecule has 1 aliphatic heterocycles. The van der Waals surface area contributed by atoms with Crippen molar-refractivity contribution < 1.29 is 14.3 Å². The van der Waals surface area contributed by atoms with E-state index in [0.29, 0.717) is 26.2 Å². The average Bonchev–Trinajstić information content (AvgIpc) is 2.54. The fraction of sp³-hybridized carbons (Fsp3) is 0.909. The second-order valence-corrected chi connectivity index (χ2v) is 4.90. The van der Waals surface area contributed by atoms with Gasteiger partial charge in [0.1, 0.15) is 6.10 Å². The van der Waals surface area contributed by atoms with Gasteiger partial charge in [0.15, 0.2) is 0 Å². The van der Waals surface area contributed by atoms with Gasteiger partial charge in [0.25, 0.3) is 0 Å². The van der Waals surface area contributed by atoms with Crippen molar-refractivity contribution in [3.63, 3.8) is 0 Å². The molecular weight excluding hydrogens is 194 g/mol. The lowest BCUT2D eigenvalue weighted by molar-refractivity contribution is -0.148. The van der Waals surface area contributed by atoms with Crippen molar-refractivity contribution in [1.29, 1.82) is 0 Å². The molecule has 1 atom stereocenters. The summed E-state index contributed by atoms with van der Waals surface area (Å²) in [6, 6.07) is 0. The van der Waals surface area contributed by atoms with Gasteiger partial charge in [-0.25, -0.2) is 0 Å². The Morgan fingerprint density at radius 3 is 2.80 bits per heavy atom. The third-order valence-corrected chi connectivity index (χ3v) is 2.17. The van der Waals surface area contributed by atoms with Crippen molar-refractivity contribution in [2.24, 2.45) is 0 Å². The predicted octanol–water partition coefficient (Wildman–Crippen LogP) is 1.10. The number of hydrogen-bond donors (Lipinski definition) is 1. The molecule has 0 aromatic heterocycles. The molecule has 0 aliphatic carbocycles. The maximum Gasteiger partial charge on any atom is 0.307 e. The van der Waals surface area contributed by atoms with Crippen molar-refractivity contribution in [3.05, 3.63) is 0 Å². The van der Waals surface area contributed by atoms with Crippen LogP contribution in [0, 0.1) is 0 Å². The molecule has 1 rings (SSSR count). The van der Waals surface area contributed by atoms with Gasteiger partial charge in [-0.2, -0.15) is 0 Å². The molecule has 1 saturated heterocycles. The number of carbonyl (C=O) groups excluding carboxylic acids is 1. The molecule has 0 radical (unpaired) electrons. The van der Waals surface area contributed by atoms with E-state index in [2.05, 4.69) is 26.1 Å². The monoisotopic (exact) mass is 215 g/mol. The third-order valence-electron chi connectivity index (χ3n) is 2.17. The molecule has 0 aromatic rings. The standard InChI is InChI=1S/C11H21NO3/c1-11(2,3)12-6-4-10(13)15-9-5-7-14-8-9/h9,12H,4-8H2,1-3H3. The van der Waals surface area contributed by atoms with Crippen LogP contribution in [0.25, 0.3) is 0 Å². The summed E-state index contributed by atoms with van der Waals surface area (Å²) in [6.45, 7) is 8.14. The highest BCUT2D eigenvalue weighted by Gasteiger charge is 2.19. The van der Waals surface area contributed by atoms with Crippen molar-refractivity contribution >= 4 is 5.97 Å². The lowest BCUT2D eigenvalue weighted by Gasteiger charge is -2.20. The van der Waals surface area contributed by atoms with Gasteiger partial charge in [0, 0.05) is 18.5 Å². The maximum absolute atomic E-state index is 11.4. The van der Waals surface area contributed by atoms with E-state index in [9.17, 15) is 4.79 Å². The summed E-state index contributed by atoms with van der Waals surface area (Å²) in [7, 11) is 0. The minimum Gasteiger partial charge on any atom is -0.460 e. The number of rotatable bonds is 4. The van der Waals surface area contributed by atoms with Gasteiger partial charge in [0.2, 0.25) is 0 Å². The van der Waals surface area contributed by atoms with Crippen LogP contribution in [0.5, 0.6) is 0 Å². The molecule has 1 heterocycles. The first-order valence-corrected chi connectivity index (χ1v) is 5.49. The van der Waals surface area contributed by atoms with Crippen molar-refractivity contribution in [2.75, 3.05) is 19.8 Å². The predicted molar refractivity (Wildman–Crippen MR) is 57.7 cm³/mol. The first-order valence-electron chi connectivity index (χ1n) is 5.49. The fourth-order valence-corrected chi connectivity index (χ4v) is 1.39. The van der Waals surface area contributed by atoms with Gasteiger partial charge < -0.3 is 14.8 Å². The molecular formula is C11H21NO3. The van der Waals surface area contributed by atoms with Gasteiger partial charge >= 0.3 is 5.97 Å². The zero-order valence-electron chi connectivity index (χ0n) is 9.84. The molecule has 0 amide bonds. The SMILES string of the molecule is CC(C)(C)NCCC(=O)OC1CCOC1. The molecule has 0 spiro atoms. The van der Waals surface area contributed by atoms with Crippen LogP contribution >= 0.6 is 0 Å². The van der Waals surface area contributed by atoms with Crippen molar-refractivity contribution in [2.45, 2.75) is 45.3 Å². The maximum atomic E-state index is 11.4. The second-order valence-electron chi connectivity index (χ2n) is 4.90. The summed E-state index contributed by atoms with van der Waals surface area (Å²) in [4.78, 5) is 11.4. The largest absolute Gasteiger partial charge is 0.460 e. The van der Waals surface area contributed by atoms with Gasteiger partial charge in [-0.3, -0.25) is 4.79 Å². The highest BCUT2D eigenvalue weighted by Crippen LogP contribution is 2.09. The van der Waals surface area contributed by atoms with Gasteiger partial charge in [0.05, 0.1) is 19.6 Å². The summed E-state index contributed by atoms with van der Waals surface area (Å²) in [6.07, 6.45) is 1.23. The van der Waals surface area contributed by atoms with Crippen LogP contribution in [0.1, 0.15) is 33.6 Å². The minimum absolute atomic E-state index is 0.0212. The molecule has 1 N–H and O–H groups in total. The van der Waals surface area contributed by atoms with E-state index in [1.54, 1.807) is 0 Å². The number of esters is 1. The molecule has 0 saturated carbocycles. The summed E-state index contributed by atoms with van der Waals surface area (Å²) >= 11 is 0. The summed E-state index contributed by atoms with van der Waals surface area (Å²) in [5, 5.41) is 3.25. The highest BCUT2D eigenvalue weighted by molar-refractivity contribution is 5.69. The molecule has 88 valence electrons. The average molecular weight is 215 g/mol. The molecule has 4 nitrogen and oxygen atoms in total. The minimum atomic E-state index is -0.137. The van der Waals surface area contributed by atoms with Gasteiger partial charge in [-0.1, -0.05) is 0 Å². The van der Waals surface area contributed by atoms with Crippen LogP contribution in [0.15, 0.2) is 0 Å². The van der Waals surface area contributed by atoms with Crippen molar-refractivity contribution in [1.82, 2.24) is 5.32 Å². The Morgan fingerprint density at radius 2 is 2.27 bits per heavy atom. The Balaban J connectivity index is 2.08. The second kappa shape index (κ2) is 5.47. The zero-order chi connectivity index (χ0) is 11.3. The lowest BCUT2D eigenvalue weighted by Crippen LogP contribution is -2.37. The molecule has 15 heavy (non-hydrogen) atoms. The van der Waals surface area contributed by atoms with E-state index in [1.807, 2.05) is 0 Å². The number of carbonyl (C=O) groups is 1. The number of hydrogen-bond acceptors (Lipinski definition) is 4. The first kappa shape index (κ1) is 12.5.